The summed E-state index contributed by atoms with van der Waals surface area (Å²) < 4.78 is 5.92. The standard InChI is InChI=1S/C42H60N2O7/c1-38-12-11-34-39(23-45)13-10-33(46)32-17-25-8-5-9-29(24-6-3-4-7-24)30(25)18-28(42(32,39)50)21-40(34,48)41(38,49)20-26-16-27(22-44-15-14-43-2)37-31(36(26)38)19-35(47)51-37/h5,8,16,19,23-26,28-30,32-34,36-37,43-44,46,48-50H,3-4,6-7,9-15,17-18,20-22H2,1-2H3/t25-,26-,28-,29-,30-,32+,33+,34-,36-,37+,38-,39+,40+,41-,42+/m1/s1. The zero-order chi connectivity index (χ0) is 35.6. The van der Waals surface area contributed by atoms with Crippen molar-refractivity contribution in [3.63, 3.8) is 0 Å². The number of aliphatic hydroxyl groups is 4. The van der Waals surface area contributed by atoms with Gasteiger partial charge in [-0.3, -0.25) is 0 Å². The van der Waals surface area contributed by atoms with Gasteiger partial charge in [0.05, 0.1) is 22.7 Å². The fourth-order valence-electron chi connectivity index (χ4n) is 15.3. The lowest BCUT2D eigenvalue weighted by Crippen LogP contribution is -2.80. The van der Waals surface area contributed by atoms with Crippen LogP contribution in [0.3, 0.4) is 0 Å². The highest BCUT2D eigenvalue weighted by atomic mass is 16.5. The van der Waals surface area contributed by atoms with Crippen LogP contribution in [0.25, 0.3) is 0 Å². The summed E-state index contributed by atoms with van der Waals surface area (Å²) in [7, 11) is 1.91. The zero-order valence-electron chi connectivity index (χ0n) is 30.6. The number of ether oxygens (including phenoxy) is 1. The quantitative estimate of drug-likeness (QED) is 0.101. The van der Waals surface area contributed by atoms with Crippen molar-refractivity contribution < 1.29 is 34.8 Å². The van der Waals surface area contributed by atoms with Gasteiger partial charge in [-0.05, 0) is 117 Å². The summed E-state index contributed by atoms with van der Waals surface area (Å²) in [5.41, 5.74) is -4.81. The molecule has 0 aromatic carbocycles. The molecule has 0 radical (unpaired) electrons. The van der Waals surface area contributed by atoms with E-state index in [1.807, 2.05) is 7.05 Å². The van der Waals surface area contributed by atoms with Crippen LogP contribution >= 0.6 is 0 Å². The molecule has 0 amide bonds. The molecule has 0 bridgehead atoms. The van der Waals surface area contributed by atoms with Crippen molar-refractivity contribution in [2.24, 2.45) is 64.1 Å². The van der Waals surface area contributed by atoms with Crippen LogP contribution in [0.5, 0.6) is 0 Å². The van der Waals surface area contributed by atoms with Gasteiger partial charge in [-0.1, -0.05) is 50.8 Å². The highest BCUT2D eigenvalue weighted by Crippen LogP contribution is 2.76. The second kappa shape index (κ2) is 12.1. The van der Waals surface area contributed by atoms with Gasteiger partial charge >= 0.3 is 5.97 Å². The first-order chi connectivity index (χ1) is 24.5. The Morgan fingerprint density at radius 3 is 2.57 bits per heavy atom. The summed E-state index contributed by atoms with van der Waals surface area (Å²) in [6.45, 7) is 4.23. The number of allylic oxidation sites excluding steroid dienone is 3. The zero-order valence-corrected chi connectivity index (χ0v) is 30.6. The van der Waals surface area contributed by atoms with Gasteiger partial charge in [0, 0.05) is 43.0 Å². The molecule has 6 saturated carbocycles. The predicted molar refractivity (Wildman–Crippen MR) is 191 cm³/mol. The van der Waals surface area contributed by atoms with Gasteiger partial charge < -0.3 is 40.6 Å². The van der Waals surface area contributed by atoms with E-state index in [-0.39, 0.29) is 30.1 Å². The van der Waals surface area contributed by atoms with Crippen molar-refractivity contribution in [1.29, 1.82) is 0 Å². The van der Waals surface area contributed by atoms with Crippen LogP contribution < -0.4 is 10.6 Å². The normalized spacial score (nSPS) is 52.6. The van der Waals surface area contributed by atoms with Crippen LogP contribution in [0, 0.1) is 64.1 Å². The number of fused-ring (bicyclic) bond motifs is 9. The number of carbonyl (C=O) groups excluding carboxylic acids is 2. The molecule has 0 spiro atoms. The number of esters is 1. The molecule has 6 N–H and O–H groups in total. The molecule has 9 rings (SSSR count). The van der Waals surface area contributed by atoms with Crippen molar-refractivity contribution in [2.75, 3.05) is 26.7 Å². The van der Waals surface area contributed by atoms with Crippen LogP contribution in [-0.2, 0) is 14.3 Å². The molecule has 9 nitrogen and oxygen atoms in total. The average molecular weight is 705 g/mol. The van der Waals surface area contributed by atoms with Crippen LogP contribution in [-0.4, -0.2) is 88.4 Å². The molecule has 9 aliphatic rings. The number of hydrogen-bond donors (Lipinski definition) is 6. The van der Waals surface area contributed by atoms with Gasteiger partial charge in [0.1, 0.15) is 18.0 Å². The SMILES string of the molecule is CNCCNCC1=C[C@@H]2C[C@@]3(O)[C@](C)(CC[C@H]4[C@@]3(O)C[C@H]3C[C@@H]5[C@H](C=CC[C@@H]5C5CCCC5)C[C@H]5[C@@H](O)CC[C@@]4(C=O)[C@]35O)[C@H]2C2=CC(=O)O[C@@H]12. The van der Waals surface area contributed by atoms with E-state index >= 15 is 0 Å². The fraction of sp³-hybridized carbons (Fsp3) is 0.810. The maximum absolute atomic E-state index is 13.9. The first-order valence-electron chi connectivity index (χ1n) is 20.4. The molecule has 0 aromatic rings. The number of rotatable bonds is 7. The van der Waals surface area contributed by atoms with Gasteiger partial charge in [0.2, 0.25) is 0 Å². The first kappa shape index (κ1) is 34.9. The second-order valence-electron chi connectivity index (χ2n) is 18.9. The van der Waals surface area contributed by atoms with Gasteiger partial charge in [-0.15, -0.1) is 0 Å². The van der Waals surface area contributed by atoms with E-state index in [1.165, 1.54) is 25.7 Å². The highest BCUT2D eigenvalue weighted by molar-refractivity contribution is 5.87. The van der Waals surface area contributed by atoms with Crippen LogP contribution in [0.4, 0.5) is 0 Å². The molecular formula is C42H60N2O7. The van der Waals surface area contributed by atoms with E-state index in [0.29, 0.717) is 69.2 Å². The highest BCUT2D eigenvalue weighted by Gasteiger charge is 2.82. The Bertz CT molecular complexity index is 1540. The molecular weight excluding hydrogens is 644 g/mol. The van der Waals surface area contributed by atoms with Gasteiger partial charge in [0.15, 0.2) is 0 Å². The number of carbonyl (C=O) groups is 2. The Morgan fingerprint density at radius 1 is 1.00 bits per heavy atom. The molecule has 8 aliphatic carbocycles. The first-order valence-corrected chi connectivity index (χ1v) is 20.4. The van der Waals surface area contributed by atoms with Crippen molar-refractivity contribution in [3.8, 4) is 0 Å². The molecule has 6 fully saturated rings. The number of likely N-dealkylation sites (N-methyl/N-ethyl adjacent to an activating group) is 1. The largest absolute Gasteiger partial charge is 0.450 e. The summed E-state index contributed by atoms with van der Waals surface area (Å²) in [5, 5.41) is 58.9. The number of nitrogens with one attached hydrogen (secondary N) is 2. The second-order valence-corrected chi connectivity index (χ2v) is 18.9. The Labute approximate surface area is 302 Å². The van der Waals surface area contributed by atoms with E-state index in [4.69, 9.17) is 4.74 Å². The van der Waals surface area contributed by atoms with E-state index in [9.17, 15) is 30.0 Å². The molecule has 280 valence electrons. The summed E-state index contributed by atoms with van der Waals surface area (Å²) >= 11 is 0. The third-order valence-corrected chi connectivity index (χ3v) is 17.3. The summed E-state index contributed by atoms with van der Waals surface area (Å²) in [4.78, 5) is 26.8. The minimum atomic E-state index is -1.63. The Balaban J connectivity index is 1.14. The minimum Gasteiger partial charge on any atom is -0.450 e. The number of hydrogen-bond acceptors (Lipinski definition) is 9. The van der Waals surface area contributed by atoms with Crippen LogP contribution in [0.2, 0.25) is 0 Å². The smallest absolute Gasteiger partial charge is 0.331 e. The Kier molecular flexibility index (Phi) is 8.24. The van der Waals surface area contributed by atoms with E-state index < -0.39 is 57.6 Å². The van der Waals surface area contributed by atoms with Crippen molar-refractivity contribution in [3.05, 3.63) is 35.5 Å². The van der Waals surface area contributed by atoms with Crippen molar-refractivity contribution >= 4 is 12.3 Å². The van der Waals surface area contributed by atoms with Gasteiger partial charge in [-0.25, -0.2) is 4.79 Å². The number of aliphatic hydroxyl groups excluding tert-OH is 1. The van der Waals surface area contributed by atoms with E-state index in [0.717, 1.165) is 36.9 Å². The summed E-state index contributed by atoms with van der Waals surface area (Å²) in [5.74, 6) is -0.539. The Hall–Kier alpha value is -1.88. The van der Waals surface area contributed by atoms with Gasteiger partial charge in [0.25, 0.3) is 0 Å². The van der Waals surface area contributed by atoms with Gasteiger partial charge in [-0.2, -0.15) is 0 Å². The van der Waals surface area contributed by atoms with Crippen LogP contribution in [0.15, 0.2) is 35.5 Å². The maximum atomic E-state index is 13.9. The van der Waals surface area contributed by atoms with E-state index in [1.54, 1.807) is 6.08 Å². The molecule has 0 unspecified atom stereocenters. The predicted octanol–water partition coefficient (Wildman–Crippen LogP) is 3.60. The third-order valence-electron chi connectivity index (χ3n) is 17.3. The number of aldehydes is 1. The summed E-state index contributed by atoms with van der Waals surface area (Å²) in [6.07, 6.45) is 18.0. The van der Waals surface area contributed by atoms with E-state index in [2.05, 4.69) is 35.8 Å². The maximum Gasteiger partial charge on any atom is 0.331 e. The molecule has 9 heteroatoms. The van der Waals surface area contributed by atoms with Crippen molar-refractivity contribution in [1.82, 2.24) is 10.6 Å². The molecule has 0 saturated heterocycles. The molecule has 1 heterocycles. The monoisotopic (exact) mass is 704 g/mol. The topological polar surface area (TPSA) is 148 Å². The molecule has 0 aromatic heterocycles. The minimum absolute atomic E-state index is 0.108. The fourth-order valence-corrected chi connectivity index (χ4v) is 15.3. The van der Waals surface area contributed by atoms with Crippen molar-refractivity contribution in [2.45, 2.75) is 119 Å². The lowest BCUT2D eigenvalue weighted by atomic mass is 9.36. The lowest BCUT2D eigenvalue weighted by Gasteiger charge is -2.71. The molecule has 1 aliphatic heterocycles. The third kappa shape index (κ3) is 4.48. The van der Waals surface area contributed by atoms with Crippen LogP contribution in [0.1, 0.15) is 90.4 Å². The molecule has 15 atom stereocenters. The average Bonchev–Trinajstić information content (AvgIpc) is 3.81. The lowest BCUT2D eigenvalue weighted by molar-refractivity contribution is -0.341. The Morgan fingerprint density at radius 2 is 1.80 bits per heavy atom. The summed E-state index contributed by atoms with van der Waals surface area (Å²) in [6, 6.07) is 0. The molecule has 51 heavy (non-hydrogen) atoms.